The predicted octanol–water partition coefficient (Wildman–Crippen LogP) is 3.72. The Morgan fingerprint density at radius 2 is 1.87 bits per heavy atom. The number of hydrogen-bond acceptors (Lipinski definition) is 5. The number of likely N-dealkylation sites (tertiary alicyclic amines) is 2. The van der Waals surface area contributed by atoms with E-state index in [0.29, 0.717) is 28.4 Å². The number of fused-ring (bicyclic) bond motifs is 3. The van der Waals surface area contributed by atoms with Crippen LogP contribution >= 0.6 is 11.6 Å². The fourth-order valence-electron chi connectivity index (χ4n) is 5.07. The van der Waals surface area contributed by atoms with Crippen LogP contribution in [0.1, 0.15) is 18.5 Å². The number of halogens is 4. The molecule has 2 aliphatic rings. The maximum atomic E-state index is 13.2. The number of alkyl halides is 3. The van der Waals surface area contributed by atoms with Crippen LogP contribution in [0.15, 0.2) is 18.6 Å². The molecule has 6 nitrogen and oxygen atoms in total. The zero-order valence-corrected chi connectivity index (χ0v) is 17.3. The topological polar surface area (TPSA) is 50.1 Å². The zero-order chi connectivity index (χ0) is 21.1. The Labute approximate surface area is 176 Å². The molecule has 5 rings (SSSR count). The maximum Gasteiger partial charge on any atom is 0.406 e. The number of pyridine rings is 1. The molecule has 0 unspecified atom stereocenters. The first-order chi connectivity index (χ1) is 14.2. The Bertz CT molecular complexity index is 1100. The lowest BCUT2D eigenvalue weighted by molar-refractivity contribution is -0.139. The van der Waals surface area contributed by atoms with Gasteiger partial charge in [-0.1, -0.05) is 11.6 Å². The molecule has 0 saturated carbocycles. The quantitative estimate of drug-likeness (QED) is 0.583. The molecule has 0 bridgehead atoms. The van der Waals surface area contributed by atoms with Crippen LogP contribution in [0.25, 0.3) is 21.9 Å². The summed E-state index contributed by atoms with van der Waals surface area (Å²) in [5.74, 6) is 0. The highest BCUT2D eigenvalue weighted by atomic mass is 35.5. The highest BCUT2D eigenvalue weighted by Crippen LogP contribution is 2.40. The Morgan fingerprint density at radius 1 is 1.13 bits per heavy atom. The van der Waals surface area contributed by atoms with E-state index in [1.54, 1.807) is 0 Å². The van der Waals surface area contributed by atoms with Crippen molar-refractivity contribution in [1.82, 2.24) is 29.3 Å². The van der Waals surface area contributed by atoms with E-state index in [4.69, 9.17) is 11.6 Å². The standard InChI is InChI=1S/C20H22ClF3N6/c1-28-9-19(10-28)2-4-29(5-3-19)8-13-6-14-15(7-25-13)30(11-20(22,23)24)17-16(14)26-12-27-18(17)21/h6-7,12H,2-5,8-11H2,1H3. The van der Waals surface area contributed by atoms with E-state index in [2.05, 4.69) is 31.8 Å². The molecule has 160 valence electrons. The maximum absolute atomic E-state index is 13.2. The summed E-state index contributed by atoms with van der Waals surface area (Å²) in [6.45, 7) is 3.87. The van der Waals surface area contributed by atoms with Crippen LogP contribution in [-0.4, -0.2) is 68.7 Å². The molecule has 0 aliphatic carbocycles. The minimum absolute atomic E-state index is 0.00814. The summed E-state index contributed by atoms with van der Waals surface area (Å²) in [6.07, 6.45) is 0.735. The Hall–Kier alpha value is -1.97. The van der Waals surface area contributed by atoms with Gasteiger partial charge in [0.05, 0.1) is 17.4 Å². The summed E-state index contributed by atoms with van der Waals surface area (Å²) in [5, 5.41) is 0.631. The molecule has 0 aromatic carbocycles. The summed E-state index contributed by atoms with van der Waals surface area (Å²) < 4.78 is 40.7. The number of rotatable bonds is 3. The average Bonchev–Trinajstić information content (AvgIpc) is 2.95. The van der Waals surface area contributed by atoms with Crippen LogP contribution in [-0.2, 0) is 13.1 Å². The molecule has 10 heteroatoms. The molecule has 5 heterocycles. The highest BCUT2D eigenvalue weighted by molar-refractivity contribution is 6.34. The zero-order valence-electron chi connectivity index (χ0n) is 16.6. The van der Waals surface area contributed by atoms with E-state index in [1.807, 2.05) is 6.07 Å². The number of aromatic nitrogens is 4. The summed E-state index contributed by atoms with van der Waals surface area (Å²) in [7, 11) is 2.15. The molecule has 2 aliphatic heterocycles. The lowest BCUT2D eigenvalue weighted by Gasteiger charge is -2.53. The van der Waals surface area contributed by atoms with Crippen molar-refractivity contribution in [2.24, 2.45) is 5.41 Å². The monoisotopic (exact) mass is 438 g/mol. The van der Waals surface area contributed by atoms with Crippen molar-refractivity contribution < 1.29 is 13.2 Å². The fourth-order valence-corrected chi connectivity index (χ4v) is 5.31. The first kappa shape index (κ1) is 20.0. The molecule has 3 aromatic rings. The lowest BCUT2D eigenvalue weighted by atomic mass is 9.72. The molecular weight excluding hydrogens is 417 g/mol. The van der Waals surface area contributed by atoms with Gasteiger partial charge in [0.25, 0.3) is 0 Å². The van der Waals surface area contributed by atoms with E-state index in [0.717, 1.165) is 23.4 Å². The molecule has 0 atom stereocenters. The van der Waals surface area contributed by atoms with Crippen LogP contribution in [0.4, 0.5) is 13.2 Å². The molecule has 2 fully saturated rings. The van der Waals surface area contributed by atoms with Crippen molar-refractivity contribution in [3.63, 3.8) is 0 Å². The molecular formula is C20H22ClF3N6. The van der Waals surface area contributed by atoms with Crippen LogP contribution in [0.2, 0.25) is 5.15 Å². The van der Waals surface area contributed by atoms with Crippen molar-refractivity contribution in [3.05, 3.63) is 29.4 Å². The molecule has 2 saturated heterocycles. The number of piperidine rings is 1. The van der Waals surface area contributed by atoms with Crippen LogP contribution in [0.5, 0.6) is 0 Å². The minimum atomic E-state index is -4.39. The molecule has 30 heavy (non-hydrogen) atoms. The van der Waals surface area contributed by atoms with Gasteiger partial charge in [-0.05, 0) is 44.5 Å². The SMILES string of the molecule is CN1CC2(CCN(Cc3cc4c5ncnc(Cl)c5n(CC(F)(F)F)c4cn3)CC2)C1. The van der Waals surface area contributed by atoms with Gasteiger partial charge in [0.1, 0.15) is 23.9 Å². The number of hydrogen-bond donors (Lipinski definition) is 0. The van der Waals surface area contributed by atoms with Crippen LogP contribution in [0.3, 0.4) is 0 Å². The minimum Gasteiger partial charge on any atom is -0.326 e. The van der Waals surface area contributed by atoms with Gasteiger partial charge in [0.2, 0.25) is 0 Å². The second kappa shape index (κ2) is 7.03. The van der Waals surface area contributed by atoms with Gasteiger partial charge in [0.15, 0.2) is 5.15 Å². The molecule has 1 spiro atoms. The highest BCUT2D eigenvalue weighted by Gasteiger charge is 2.43. The first-order valence-electron chi connectivity index (χ1n) is 9.98. The van der Waals surface area contributed by atoms with E-state index in [1.165, 1.54) is 38.5 Å². The second-order valence-corrected chi connectivity index (χ2v) is 9.06. The average molecular weight is 439 g/mol. The van der Waals surface area contributed by atoms with E-state index in [-0.39, 0.29) is 10.7 Å². The Kier molecular flexibility index (Phi) is 4.68. The summed E-state index contributed by atoms with van der Waals surface area (Å²) >= 11 is 6.14. The third-order valence-corrected chi connectivity index (χ3v) is 6.66. The van der Waals surface area contributed by atoms with Gasteiger partial charge in [-0.2, -0.15) is 13.2 Å². The van der Waals surface area contributed by atoms with Gasteiger partial charge in [-0.25, -0.2) is 9.97 Å². The molecule has 0 amide bonds. The van der Waals surface area contributed by atoms with Crippen molar-refractivity contribution in [3.8, 4) is 0 Å². The van der Waals surface area contributed by atoms with Crippen molar-refractivity contribution in [2.75, 3.05) is 33.2 Å². The van der Waals surface area contributed by atoms with Gasteiger partial charge in [-0.15, -0.1) is 0 Å². The van der Waals surface area contributed by atoms with Crippen molar-refractivity contribution >= 4 is 33.5 Å². The van der Waals surface area contributed by atoms with Crippen molar-refractivity contribution in [2.45, 2.75) is 32.1 Å². The molecule has 0 N–H and O–H groups in total. The van der Waals surface area contributed by atoms with Crippen LogP contribution < -0.4 is 0 Å². The van der Waals surface area contributed by atoms with Crippen molar-refractivity contribution in [1.29, 1.82) is 0 Å². The van der Waals surface area contributed by atoms with Gasteiger partial charge < -0.3 is 9.47 Å². The molecule has 3 aromatic heterocycles. The lowest BCUT2D eigenvalue weighted by Crippen LogP contribution is -2.58. The van der Waals surface area contributed by atoms with Gasteiger partial charge in [0, 0.05) is 25.0 Å². The Morgan fingerprint density at radius 3 is 2.53 bits per heavy atom. The summed E-state index contributed by atoms with van der Waals surface area (Å²) in [6, 6.07) is 1.84. The number of nitrogens with zero attached hydrogens (tertiary/aromatic N) is 6. The van der Waals surface area contributed by atoms with E-state index >= 15 is 0 Å². The third kappa shape index (κ3) is 3.52. The third-order valence-electron chi connectivity index (χ3n) is 6.38. The van der Waals surface area contributed by atoms with E-state index < -0.39 is 12.7 Å². The first-order valence-corrected chi connectivity index (χ1v) is 10.4. The summed E-state index contributed by atoms with van der Waals surface area (Å²) in [5.41, 5.74) is 2.28. The summed E-state index contributed by atoms with van der Waals surface area (Å²) in [4.78, 5) is 17.3. The van der Waals surface area contributed by atoms with Gasteiger partial charge >= 0.3 is 6.18 Å². The van der Waals surface area contributed by atoms with Gasteiger partial charge in [-0.3, -0.25) is 9.88 Å². The smallest absolute Gasteiger partial charge is 0.326 e. The predicted molar refractivity (Wildman–Crippen MR) is 108 cm³/mol. The second-order valence-electron chi connectivity index (χ2n) is 8.70. The fraction of sp³-hybridized carbons (Fsp3) is 0.550. The Balaban J connectivity index is 1.44. The normalized spacial score (nSPS) is 20.3. The van der Waals surface area contributed by atoms with E-state index in [9.17, 15) is 13.2 Å². The molecule has 0 radical (unpaired) electrons. The van der Waals surface area contributed by atoms with Crippen LogP contribution in [0, 0.1) is 5.41 Å². The largest absolute Gasteiger partial charge is 0.406 e.